The number of anilines is 1. The van der Waals surface area contributed by atoms with Gasteiger partial charge in [0, 0.05) is 5.69 Å². The number of carbonyl (C=O) groups excluding carboxylic acids is 2. The molecule has 3 rings (SSSR count). The molecule has 0 fully saturated rings. The van der Waals surface area contributed by atoms with Gasteiger partial charge in [-0.2, -0.15) is 5.10 Å². The molecular formula is C18H14BrN3O4. The summed E-state index contributed by atoms with van der Waals surface area (Å²) in [6.07, 6.45) is 1.42. The van der Waals surface area contributed by atoms with Crippen molar-refractivity contribution in [3.05, 3.63) is 76.5 Å². The minimum absolute atomic E-state index is 0.184. The molecule has 26 heavy (non-hydrogen) atoms. The molecule has 2 aromatic heterocycles. The molecule has 0 spiro atoms. The van der Waals surface area contributed by atoms with Crippen LogP contribution in [0.5, 0.6) is 0 Å². The Balaban J connectivity index is 1.62. The van der Waals surface area contributed by atoms with Gasteiger partial charge in [-0.15, -0.1) is 0 Å². The first-order valence-corrected chi connectivity index (χ1v) is 8.37. The van der Waals surface area contributed by atoms with E-state index in [1.807, 2.05) is 0 Å². The molecule has 0 radical (unpaired) electrons. The summed E-state index contributed by atoms with van der Waals surface area (Å²) < 4.78 is 10.7. The molecule has 7 nitrogen and oxygen atoms in total. The third-order valence-electron chi connectivity index (χ3n) is 3.43. The summed E-state index contributed by atoms with van der Waals surface area (Å²) in [5.41, 5.74) is 4.44. The fourth-order valence-electron chi connectivity index (χ4n) is 2.09. The summed E-state index contributed by atoms with van der Waals surface area (Å²) in [5, 5.41) is 6.77. The Hall–Kier alpha value is -3.13. The lowest BCUT2D eigenvalue weighted by atomic mass is 10.1. The standard InChI is InChI=1S/C18H14BrN3O4/c1-11(21-22-18(24)14-3-2-10-25-14)12-4-6-13(7-5-12)20-17(23)15-8-9-16(19)26-15/h2-10H,1H3,(H,20,23)(H,22,24). The predicted molar refractivity (Wildman–Crippen MR) is 99.2 cm³/mol. The number of hydrogen-bond donors (Lipinski definition) is 2. The van der Waals surface area contributed by atoms with Crippen LogP contribution in [-0.2, 0) is 0 Å². The van der Waals surface area contributed by atoms with Gasteiger partial charge >= 0.3 is 5.91 Å². The van der Waals surface area contributed by atoms with Crippen LogP contribution in [0, 0.1) is 0 Å². The maximum absolute atomic E-state index is 12.0. The van der Waals surface area contributed by atoms with Crippen molar-refractivity contribution < 1.29 is 18.4 Å². The van der Waals surface area contributed by atoms with Crippen LogP contribution < -0.4 is 10.7 Å². The molecule has 0 saturated heterocycles. The number of rotatable bonds is 5. The zero-order valence-electron chi connectivity index (χ0n) is 13.7. The van der Waals surface area contributed by atoms with Gasteiger partial charge in [-0.3, -0.25) is 9.59 Å². The summed E-state index contributed by atoms with van der Waals surface area (Å²) in [6.45, 7) is 1.76. The lowest BCUT2D eigenvalue weighted by molar-refractivity contribution is 0.0926. The first kappa shape index (κ1) is 17.7. The predicted octanol–water partition coefficient (Wildman–Crippen LogP) is 4.04. The molecule has 2 N–H and O–H groups in total. The second-order valence-corrected chi connectivity index (χ2v) is 6.03. The Bertz CT molecular complexity index is 943. The van der Waals surface area contributed by atoms with Gasteiger partial charge in [0.15, 0.2) is 16.2 Å². The second kappa shape index (κ2) is 7.83. The molecule has 0 bridgehead atoms. The molecule has 2 amide bonds. The molecule has 2 heterocycles. The highest BCUT2D eigenvalue weighted by Crippen LogP contribution is 2.16. The van der Waals surface area contributed by atoms with Crippen molar-refractivity contribution in [3.8, 4) is 0 Å². The number of nitrogens with one attached hydrogen (secondary N) is 2. The van der Waals surface area contributed by atoms with Crippen LogP contribution in [0.4, 0.5) is 5.69 Å². The topological polar surface area (TPSA) is 96.8 Å². The van der Waals surface area contributed by atoms with E-state index in [1.54, 1.807) is 55.5 Å². The van der Waals surface area contributed by atoms with Crippen molar-refractivity contribution >= 4 is 39.1 Å². The van der Waals surface area contributed by atoms with Crippen LogP contribution in [0.2, 0.25) is 0 Å². The number of hydrogen-bond acceptors (Lipinski definition) is 5. The van der Waals surface area contributed by atoms with Crippen molar-refractivity contribution in [1.29, 1.82) is 0 Å². The maximum atomic E-state index is 12.0. The Morgan fingerprint density at radius 2 is 1.77 bits per heavy atom. The van der Waals surface area contributed by atoms with Crippen LogP contribution in [0.3, 0.4) is 0 Å². The van der Waals surface area contributed by atoms with E-state index in [9.17, 15) is 9.59 Å². The lowest BCUT2D eigenvalue weighted by Gasteiger charge is -2.05. The third kappa shape index (κ3) is 4.28. The van der Waals surface area contributed by atoms with Crippen LogP contribution in [0.1, 0.15) is 33.6 Å². The summed E-state index contributed by atoms with van der Waals surface area (Å²) in [4.78, 5) is 23.8. The monoisotopic (exact) mass is 415 g/mol. The van der Waals surface area contributed by atoms with Gasteiger partial charge in [-0.1, -0.05) is 12.1 Å². The molecule has 1 aromatic carbocycles. The van der Waals surface area contributed by atoms with Gasteiger partial charge in [-0.05, 0) is 64.8 Å². The van der Waals surface area contributed by atoms with Gasteiger partial charge in [0.1, 0.15) is 0 Å². The van der Waals surface area contributed by atoms with Crippen LogP contribution in [0.15, 0.2) is 73.4 Å². The summed E-state index contributed by atoms with van der Waals surface area (Å²) in [5.74, 6) is -0.383. The van der Waals surface area contributed by atoms with Crippen molar-refractivity contribution in [2.75, 3.05) is 5.32 Å². The van der Waals surface area contributed by atoms with Crippen LogP contribution >= 0.6 is 15.9 Å². The molecule has 3 aromatic rings. The minimum Gasteiger partial charge on any atom is -0.459 e. The highest BCUT2D eigenvalue weighted by atomic mass is 79.9. The average Bonchev–Trinajstić information content (AvgIpc) is 3.31. The number of furan rings is 2. The molecule has 0 aliphatic heterocycles. The molecular weight excluding hydrogens is 402 g/mol. The Morgan fingerprint density at radius 3 is 2.38 bits per heavy atom. The van der Waals surface area contributed by atoms with E-state index in [2.05, 4.69) is 31.8 Å². The van der Waals surface area contributed by atoms with Gasteiger partial charge in [0.2, 0.25) is 0 Å². The number of carbonyl (C=O) groups is 2. The fraction of sp³-hybridized carbons (Fsp3) is 0.0556. The fourth-order valence-corrected chi connectivity index (χ4v) is 2.39. The summed E-state index contributed by atoms with van der Waals surface area (Å²) in [7, 11) is 0. The highest BCUT2D eigenvalue weighted by Gasteiger charge is 2.11. The second-order valence-electron chi connectivity index (χ2n) is 5.25. The van der Waals surface area contributed by atoms with Crippen molar-refractivity contribution in [2.45, 2.75) is 6.92 Å². The molecule has 0 unspecified atom stereocenters. The van der Waals surface area contributed by atoms with E-state index < -0.39 is 5.91 Å². The lowest BCUT2D eigenvalue weighted by Crippen LogP contribution is -2.18. The van der Waals surface area contributed by atoms with E-state index in [0.717, 1.165) is 5.56 Å². The Kier molecular flexibility index (Phi) is 5.33. The quantitative estimate of drug-likeness (QED) is 0.485. The molecule has 8 heteroatoms. The normalized spacial score (nSPS) is 11.2. The number of hydrazone groups is 1. The third-order valence-corrected chi connectivity index (χ3v) is 3.85. The van der Waals surface area contributed by atoms with Gasteiger partial charge in [0.25, 0.3) is 5.91 Å². The van der Waals surface area contributed by atoms with Crippen molar-refractivity contribution in [2.24, 2.45) is 5.10 Å². The van der Waals surface area contributed by atoms with E-state index in [1.165, 1.54) is 6.26 Å². The minimum atomic E-state index is -0.428. The molecule has 0 aliphatic rings. The molecule has 0 saturated carbocycles. The van der Waals surface area contributed by atoms with Crippen LogP contribution in [-0.4, -0.2) is 17.5 Å². The number of amides is 2. The molecule has 0 atom stereocenters. The first-order chi connectivity index (χ1) is 12.5. The number of benzene rings is 1. The van der Waals surface area contributed by atoms with E-state index >= 15 is 0 Å². The summed E-state index contributed by atoms with van der Waals surface area (Å²) >= 11 is 3.15. The van der Waals surface area contributed by atoms with E-state index in [0.29, 0.717) is 16.1 Å². The number of halogens is 1. The Labute approximate surface area is 157 Å². The SMILES string of the molecule is CC(=NNC(=O)c1ccco1)c1ccc(NC(=O)c2ccc(Br)o2)cc1. The largest absolute Gasteiger partial charge is 0.459 e. The van der Waals surface area contributed by atoms with Gasteiger partial charge in [0.05, 0.1) is 12.0 Å². The van der Waals surface area contributed by atoms with Gasteiger partial charge < -0.3 is 14.2 Å². The van der Waals surface area contributed by atoms with Crippen LogP contribution in [0.25, 0.3) is 0 Å². The first-order valence-electron chi connectivity index (χ1n) is 7.58. The maximum Gasteiger partial charge on any atom is 0.307 e. The molecule has 132 valence electrons. The molecule has 0 aliphatic carbocycles. The summed E-state index contributed by atoms with van der Waals surface area (Å²) in [6, 6.07) is 13.4. The van der Waals surface area contributed by atoms with E-state index in [4.69, 9.17) is 8.83 Å². The highest BCUT2D eigenvalue weighted by molar-refractivity contribution is 9.10. The number of nitrogens with zero attached hydrogens (tertiary/aromatic N) is 1. The zero-order valence-corrected chi connectivity index (χ0v) is 15.2. The van der Waals surface area contributed by atoms with Crippen molar-refractivity contribution in [1.82, 2.24) is 5.43 Å². The van der Waals surface area contributed by atoms with E-state index in [-0.39, 0.29) is 17.4 Å². The smallest absolute Gasteiger partial charge is 0.307 e. The average molecular weight is 416 g/mol. The zero-order chi connectivity index (χ0) is 18.5. The van der Waals surface area contributed by atoms with Crippen molar-refractivity contribution in [3.63, 3.8) is 0 Å². The Morgan fingerprint density at radius 1 is 1.00 bits per heavy atom. The van der Waals surface area contributed by atoms with Gasteiger partial charge in [-0.25, -0.2) is 5.43 Å².